The van der Waals surface area contributed by atoms with Crippen molar-refractivity contribution in [2.45, 2.75) is 19.1 Å². The number of aromatic nitrogens is 2. The number of hydrogen-bond acceptors (Lipinski definition) is 5. The van der Waals surface area contributed by atoms with Crippen LogP contribution in [0.4, 0.5) is 0 Å². The van der Waals surface area contributed by atoms with Gasteiger partial charge in [0.25, 0.3) is 0 Å². The molecule has 2 aromatic rings. The number of ether oxygens (including phenoxy) is 1. The Hall–Kier alpha value is -2.27. The lowest BCUT2D eigenvalue weighted by molar-refractivity contribution is -0.154. The number of aliphatic hydroxyl groups is 1. The Kier molecular flexibility index (Phi) is 4.58. The van der Waals surface area contributed by atoms with Crippen LogP contribution in [0.15, 0.2) is 48.9 Å². The third kappa shape index (κ3) is 4.15. The van der Waals surface area contributed by atoms with Gasteiger partial charge in [-0.05, 0) is 5.56 Å². The van der Waals surface area contributed by atoms with Crippen molar-refractivity contribution in [3.8, 4) is 0 Å². The molecule has 98 valence electrons. The summed E-state index contributed by atoms with van der Waals surface area (Å²) in [6.07, 6.45) is 3.43. The lowest BCUT2D eigenvalue weighted by Crippen LogP contribution is -2.25. The van der Waals surface area contributed by atoms with Crippen LogP contribution in [0.25, 0.3) is 0 Å². The van der Waals surface area contributed by atoms with Gasteiger partial charge in [-0.25, -0.2) is 4.79 Å². The topological polar surface area (TPSA) is 72.3 Å². The van der Waals surface area contributed by atoms with Gasteiger partial charge in [0.2, 0.25) is 0 Å². The first-order chi connectivity index (χ1) is 9.25. The van der Waals surface area contributed by atoms with Crippen molar-refractivity contribution in [3.05, 3.63) is 60.2 Å². The molecule has 1 aromatic carbocycles. The summed E-state index contributed by atoms with van der Waals surface area (Å²) in [6, 6.07) is 9.30. The van der Waals surface area contributed by atoms with Gasteiger partial charge in [0.05, 0.1) is 5.69 Å². The fourth-order valence-corrected chi connectivity index (χ4v) is 1.54. The predicted molar refractivity (Wildman–Crippen MR) is 68.0 cm³/mol. The summed E-state index contributed by atoms with van der Waals surface area (Å²) in [4.78, 5) is 19.5. The smallest absolute Gasteiger partial charge is 0.335 e. The molecule has 1 atom stereocenters. The fourth-order valence-electron chi connectivity index (χ4n) is 1.54. The van der Waals surface area contributed by atoms with Gasteiger partial charge in [-0.2, -0.15) is 0 Å². The minimum Gasteiger partial charge on any atom is -0.459 e. The molecule has 0 spiro atoms. The number of hydrogen-bond donors (Lipinski definition) is 1. The second-order valence-electron chi connectivity index (χ2n) is 4.01. The summed E-state index contributed by atoms with van der Waals surface area (Å²) < 4.78 is 5.02. The molecule has 0 saturated heterocycles. The van der Waals surface area contributed by atoms with Crippen LogP contribution in [-0.2, 0) is 22.6 Å². The maximum absolute atomic E-state index is 11.6. The molecule has 1 N–H and O–H groups in total. The van der Waals surface area contributed by atoms with E-state index in [1.807, 2.05) is 30.3 Å². The highest BCUT2D eigenvalue weighted by Gasteiger charge is 2.17. The maximum atomic E-state index is 11.6. The molecule has 1 aromatic heterocycles. The van der Waals surface area contributed by atoms with E-state index in [4.69, 9.17) is 4.74 Å². The molecular weight excluding hydrogens is 244 g/mol. The maximum Gasteiger partial charge on any atom is 0.335 e. The molecule has 5 heteroatoms. The molecule has 1 unspecified atom stereocenters. The van der Waals surface area contributed by atoms with Crippen molar-refractivity contribution in [1.29, 1.82) is 0 Å². The summed E-state index contributed by atoms with van der Waals surface area (Å²) in [5.41, 5.74) is 1.43. The van der Waals surface area contributed by atoms with Crippen LogP contribution in [-0.4, -0.2) is 27.1 Å². The first kappa shape index (κ1) is 13.2. The summed E-state index contributed by atoms with van der Waals surface area (Å²) in [6.45, 7) is 0.150. The van der Waals surface area contributed by atoms with Gasteiger partial charge in [-0.15, -0.1) is 0 Å². The van der Waals surface area contributed by atoms with Crippen molar-refractivity contribution in [2.75, 3.05) is 0 Å². The zero-order valence-electron chi connectivity index (χ0n) is 10.3. The van der Waals surface area contributed by atoms with E-state index in [1.165, 1.54) is 18.6 Å². The standard InChI is InChI=1S/C14H14N2O3/c17-13(8-12-9-15-6-7-16-12)14(18)19-10-11-4-2-1-3-5-11/h1-7,9,13,17H,8,10H2. The van der Waals surface area contributed by atoms with Gasteiger partial charge in [0.15, 0.2) is 6.10 Å². The number of esters is 1. The summed E-state index contributed by atoms with van der Waals surface area (Å²) in [5, 5.41) is 9.71. The van der Waals surface area contributed by atoms with Crippen LogP contribution in [0, 0.1) is 0 Å². The molecule has 0 fully saturated rings. The Bertz CT molecular complexity index is 517. The second-order valence-corrected chi connectivity index (χ2v) is 4.01. The first-order valence-electron chi connectivity index (χ1n) is 5.89. The molecule has 0 radical (unpaired) electrons. The number of carbonyl (C=O) groups is 1. The van der Waals surface area contributed by atoms with Crippen molar-refractivity contribution >= 4 is 5.97 Å². The van der Waals surface area contributed by atoms with E-state index in [9.17, 15) is 9.90 Å². The van der Waals surface area contributed by atoms with Gasteiger partial charge >= 0.3 is 5.97 Å². The molecule has 0 saturated carbocycles. The quantitative estimate of drug-likeness (QED) is 0.814. The van der Waals surface area contributed by atoms with Gasteiger partial charge in [0.1, 0.15) is 6.61 Å². The lowest BCUT2D eigenvalue weighted by Gasteiger charge is -2.10. The van der Waals surface area contributed by atoms with Gasteiger partial charge in [-0.1, -0.05) is 30.3 Å². The Balaban J connectivity index is 1.83. The Morgan fingerprint density at radius 3 is 2.74 bits per heavy atom. The number of carbonyl (C=O) groups excluding carboxylic acids is 1. The third-order valence-corrected chi connectivity index (χ3v) is 2.52. The van der Waals surface area contributed by atoms with Crippen LogP contribution in [0.1, 0.15) is 11.3 Å². The third-order valence-electron chi connectivity index (χ3n) is 2.52. The summed E-state index contributed by atoms with van der Waals surface area (Å²) in [5.74, 6) is -0.658. The molecule has 5 nitrogen and oxygen atoms in total. The Morgan fingerprint density at radius 2 is 2.05 bits per heavy atom. The normalized spacial score (nSPS) is 11.8. The van der Waals surface area contributed by atoms with Crippen LogP contribution >= 0.6 is 0 Å². The monoisotopic (exact) mass is 258 g/mol. The van der Waals surface area contributed by atoms with Crippen LogP contribution in [0.5, 0.6) is 0 Å². The molecule has 2 rings (SSSR count). The largest absolute Gasteiger partial charge is 0.459 e. The average Bonchev–Trinajstić information content (AvgIpc) is 2.47. The van der Waals surface area contributed by atoms with E-state index in [0.717, 1.165) is 5.56 Å². The minimum atomic E-state index is -1.22. The molecular formula is C14H14N2O3. The number of aliphatic hydroxyl groups excluding tert-OH is 1. The molecule has 19 heavy (non-hydrogen) atoms. The van der Waals surface area contributed by atoms with Crippen LogP contribution < -0.4 is 0 Å². The molecule has 1 heterocycles. The second kappa shape index (κ2) is 6.61. The van der Waals surface area contributed by atoms with Crippen molar-refractivity contribution in [3.63, 3.8) is 0 Å². The van der Waals surface area contributed by atoms with Crippen molar-refractivity contribution < 1.29 is 14.6 Å². The van der Waals surface area contributed by atoms with E-state index < -0.39 is 12.1 Å². The highest BCUT2D eigenvalue weighted by Crippen LogP contribution is 2.04. The Labute approximate surface area is 110 Å². The summed E-state index contributed by atoms with van der Waals surface area (Å²) in [7, 11) is 0. The molecule has 0 bridgehead atoms. The van der Waals surface area contributed by atoms with Gasteiger partial charge < -0.3 is 9.84 Å². The first-order valence-corrected chi connectivity index (χ1v) is 5.89. The minimum absolute atomic E-state index is 0.0987. The van der Waals surface area contributed by atoms with E-state index in [0.29, 0.717) is 5.69 Å². The fraction of sp³-hybridized carbons (Fsp3) is 0.214. The van der Waals surface area contributed by atoms with Crippen molar-refractivity contribution in [1.82, 2.24) is 9.97 Å². The predicted octanol–water partition coefficient (Wildman–Crippen LogP) is 1.12. The Morgan fingerprint density at radius 1 is 1.26 bits per heavy atom. The van der Waals surface area contributed by atoms with Crippen LogP contribution in [0.3, 0.4) is 0 Å². The molecule has 0 aliphatic heterocycles. The van der Waals surface area contributed by atoms with Gasteiger partial charge in [-0.3, -0.25) is 9.97 Å². The van der Waals surface area contributed by atoms with E-state index in [-0.39, 0.29) is 13.0 Å². The van der Waals surface area contributed by atoms with E-state index >= 15 is 0 Å². The number of nitrogens with zero attached hydrogens (tertiary/aromatic N) is 2. The summed E-state index contributed by atoms with van der Waals surface area (Å²) >= 11 is 0. The average molecular weight is 258 g/mol. The highest BCUT2D eigenvalue weighted by atomic mass is 16.5. The molecule has 0 aliphatic rings. The van der Waals surface area contributed by atoms with E-state index in [1.54, 1.807) is 0 Å². The SMILES string of the molecule is O=C(OCc1ccccc1)C(O)Cc1cnccn1. The van der Waals surface area contributed by atoms with Crippen LogP contribution in [0.2, 0.25) is 0 Å². The number of rotatable bonds is 5. The van der Waals surface area contributed by atoms with E-state index in [2.05, 4.69) is 9.97 Å². The lowest BCUT2D eigenvalue weighted by atomic mass is 10.2. The zero-order chi connectivity index (χ0) is 13.5. The van der Waals surface area contributed by atoms with Gasteiger partial charge in [0, 0.05) is 25.0 Å². The molecule has 0 aliphatic carbocycles. The van der Waals surface area contributed by atoms with Crippen molar-refractivity contribution in [2.24, 2.45) is 0 Å². The number of benzene rings is 1. The zero-order valence-corrected chi connectivity index (χ0v) is 10.3. The highest BCUT2D eigenvalue weighted by molar-refractivity contribution is 5.74. The molecule has 0 amide bonds.